The molecular weight excluding hydrogens is 276 g/mol. The Hall–Kier alpha value is -2.39. The number of carbonyl (C=O) groups is 1. The number of benzene rings is 2. The summed E-state index contributed by atoms with van der Waals surface area (Å²) in [6.45, 7) is 0.302. The molecule has 3 nitrogen and oxygen atoms in total. The molecule has 2 aromatic rings. The molecule has 1 saturated heterocycles. The summed E-state index contributed by atoms with van der Waals surface area (Å²) in [4.78, 5) is 12.8. The van der Waals surface area contributed by atoms with Gasteiger partial charge in [-0.2, -0.15) is 0 Å². The van der Waals surface area contributed by atoms with E-state index in [0.717, 1.165) is 11.1 Å². The van der Waals surface area contributed by atoms with Crippen molar-refractivity contribution in [3.63, 3.8) is 0 Å². The molecule has 1 fully saturated rings. The highest BCUT2D eigenvalue weighted by Crippen LogP contribution is 2.42. The van der Waals surface area contributed by atoms with Gasteiger partial charge in [0, 0.05) is 16.7 Å². The lowest BCUT2D eigenvalue weighted by molar-refractivity contribution is 0.0212. The van der Waals surface area contributed by atoms with Crippen LogP contribution in [0.2, 0.25) is 0 Å². The van der Waals surface area contributed by atoms with E-state index >= 15 is 0 Å². The fraction of sp³-hybridized carbons (Fsp3) is 0.211. The highest BCUT2D eigenvalue weighted by molar-refractivity contribution is 6.06. The van der Waals surface area contributed by atoms with Crippen LogP contribution in [0.15, 0.2) is 60.2 Å². The molecule has 0 saturated carbocycles. The van der Waals surface area contributed by atoms with Gasteiger partial charge >= 0.3 is 0 Å². The molecule has 1 heterocycles. The molecule has 0 bridgehead atoms. The van der Waals surface area contributed by atoms with Gasteiger partial charge in [-0.1, -0.05) is 54.6 Å². The van der Waals surface area contributed by atoms with Crippen molar-refractivity contribution in [1.82, 2.24) is 0 Å². The van der Waals surface area contributed by atoms with E-state index < -0.39 is 0 Å². The molecule has 110 valence electrons. The Kier molecular flexibility index (Phi) is 3.09. The molecule has 22 heavy (non-hydrogen) atoms. The molecule has 3 heteroatoms. The van der Waals surface area contributed by atoms with E-state index in [1.54, 1.807) is 12.1 Å². The largest absolute Gasteiger partial charge is 0.507 e. The molecular formula is C19H16O3. The van der Waals surface area contributed by atoms with Gasteiger partial charge in [0.15, 0.2) is 5.78 Å². The van der Waals surface area contributed by atoms with Crippen molar-refractivity contribution < 1.29 is 14.6 Å². The molecule has 0 radical (unpaired) electrons. The molecule has 2 aliphatic rings. The molecule has 0 amide bonds. The Labute approximate surface area is 128 Å². The van der Waals surface area contributed by atoms with Gasteiger partial charge in [-0.15, -0.1) is 0 Å². The topological polar surface area (TPSA) is 46.5 Å². The van der Waals surface area contributed by atoms with Gasteiger partial charge in [-0.25, -0.2) is 0 Å². The maximum absolute atomic E-state index is 12.8. The summed E-state index contributed by atoms with van der Waals surface area (Å²) in [6.07, 6.45) is 0.480. The minimum Gasteiger partial charge on any atom is -0.507 e. The molecule has 0 aromatic heterocycles. The average molecular weight is 292 g/mol. The fourth-order valence-electron chi connectivity index (χ4n) is 3.38. The first kappa shape index (κ1) is 13.3. The Balaban J connectivity index is 1.72. The molecule has 1 aliphatic carbocycles. The Morgan fingerprint density at radius 1 is 0.955 bits per heavy atom. The lowest BCUT2D eigenvalue weighted by Gasteiger charge is -2.35. The van der Waals surface area contributed by atoms with Crippen molar-refractivity contribution in [3.05, 3.63) is 76.9 Å². The average Bonchev–Trinajstić information content (AvgIpc) is 2.60. The third kappa shape index (κ3) is 1.97. The first-order chi connectivity index (χ1) is 10.8. The summed E-state index contributed by atoms with van der Waals surface area (Å²) in [6, 6.07) is 17.2. The van der Waals surface area contributed by atoms with Gasteiger partial charge in [0.1, 0.15) is 5.76 Å². The predicted molar refractivity (Wildman–Crippen MR) is 83.6 cm³/mol. The van der Waals surface area contributed by atoms with Crippen LogP contribution in [0, 0.1) is 5.92 Å². The van der Waals surface area contributed by atoms with E-state index in [-0.39, 0.29) is 23.6 Å². The third-order valence-electron chi connectivity index (χ3n) is 4.55. The molecule has 0 spiro atoms. The number of carbonyl (C=O) groups excluding carboxylic acids is 1. The van der Waals surface area contributed by atoms with Crippen LogP contribution in [0.25, 0.3) is 5.76 Å². The first-order valence-electron chi connectivity index (χ1n) is 7.48. The standard InChI is InChI=1S/C19H16O3/c20-18-13-8-4-5-9-14(13)19(21)16-11-22-17(10-15(16)18)12-6-2-1-3-7-12/h1-9,15,17,21H,10-11H2. The summed E-state index contributed by atoms with van der Waals surface area (Å²) in [7, 11) is 0. The Morgan fingerprint density at radius 3 is 2.41 bits per heavy atom. The number of rotatable bonds is 1. The zero-order valence-corrected chi connectivity index (χ0v) is 12.0. The normalized spacial score (nSPS) is 23.9. The number of ketones is 1. The van der Waals surface area contributed by atoms with Crippen LogP contribution in [0.5, 0.6) is 0 Å². The number of aliphatic hydroxyl groups is 1. The van der Waals surface area contributed by atoms with Crippen LogP contribution in [0.4, 0.5) is 0 Å². The second-order valence-corrected chi connectivity index (χ2v) is 5.78. The summed E-state index contributed by atoms with van der Waals surface area (Å²) in [5.41, 5.74) is 3.03. The second kappa shape index (κ2) is 5.11. The van der Waals surface area contributed by atoms with Gasteiger partial charge in [0.2, 0.25) is 0 Å². The Morgan fingerprint density at radius 2 is 1.64 bits per heavy atom. The van der Waals surface area contributed by atoms with Crippen molar-refractivity contribution in [2.24, 2.45) is 5.92 Å². The molecule has 4 rings (SSSR count). The van der Waals surface area contributed by atoms with E-state index in [0.29, 0.717) is 24.2 Å². The maximum atomic E-state index is 12.8. The number of fused-ring (bicyclic) bond motifs is 2. The zero-order chi connectivity index (χ0) is 15.1. The Bertz CT molecular complexity index is 761. The summed E-state index contributed by atoms with van der Waals surface area (Å²) in [5, 5.41) is 10.5. The van der Waals surface area contributed by atoms with Crippen molar-refractivity contribution in [1.29, 1.82) is 0 Å². The molecule has 2 aromatic carbocycles. The summed E-state index contributed by atoms with van der Waals surface area (Å²) in [5.74, 6) is 0.0215. The minimum absolute atomic E-state index is 0.0904. The molecule has 2 atom stereocenters. The summed E-state index contributed by atoms with van der Waals surface area (Å²) >= 11 is 0. The smallest absolute Gasteiger partial charge is 0.171 e. The number of Topliss-reactive ketones (excluding diaryl/α,β-unsaturated/α-hetero) is 1. The molecule has 2 unspecified atom stereocenters. The van der Waals surface area contributed by atoms with E-state index in [9.17, 15) is 9.90 Å². The van der Waals surface area contributed by atoms with Crippen LogP contribution in [0.3, 0.4) is 0 Å². The number of hydrogen-bond acceptors (Lipinski definition) is 3. The van der Waals surface area contributed by atoms with Crippen LogP contribution < -0.4 is 0 Å². The lowest BCUT2D eigenvalue weighted by Crippen LogP contribution is -2.32. The summed E-state index contributed by atoms with van der Waals surface area (Å²) < 4.78 is 5.90. The predicted octanol–water partition coefficient (Wildman–Crippen LogP) is 3.93. The van der Waals surface area contributed by atoms with Gasteiger partial charge in [0.25, 0.3) is 0 Å². The van der Waals surface area contributed by atoms with Crippen LogP contribution in [-0.2, 0) is 4.74 Å². The third-order valence-corrected chi connectivity index (χ3v) is 4.55. The van der Waals surface area contributed by atoms with Crippen LogP contribution in [0.1, 0.15) is 34.0 Å². The van der Waals surface area contributed by atoms with Gasteiger partial charge < -0.3 is 9.84 Å². The quantitative estimate of drug-likeness (QED) is 0.866. The van der Waals surface area contributed by atoms with Crippen molar-refractivity contribution in [3.8, 4) is 0 Å². The SMILES string of the molecule is O=C1c2ccccc2C(O)=C2COC(c3ccccc3)CC12. The fourth-order valence-corrected chi connectivity index (χ4v) is 3.38. The van der Waals surface area contributed by atoms with E-state index in [4.69, 9.17) is 4.74 Å². The highest BCUT2D eigenvalue weighted by atomic mass is 16.5. The highest BCUT2D eigenvalue weighted by Gasteiger charge is 2.39. The van der Waals surface area contributed by atoms with Gasteiger partial charge in [0.05, 0.1) is 18.6 Å². The van der Waals surface area contributed by atoms with Crippen molar-refractivity contribution in [2.45, 2.75) is 12.5 Å². The van der Waals surface area contributed by atoms with Crippen molar-refractivity contribution in [2.75, 3.05) is 6.61 Å². The lowest BCUT2D eigenvalue weighted by atomic mass is 9.76. The zero-order valence-electron chi connectivity index (χ0n) is 12.0. The van der Waals surface area contributed by atoms with Crippen molar-refractivity contribution >= 4 is 11.5 Å². The number of ether oxygens (including phenoxy) is 1. The number of aliphatic hydroxyl groups excluding tert-OH is 1. The van der Waals surface area contributed by atoms with Gasteiger partial charge in [-0.05, 0) is 12.0 Å². The first-order valence-corrected chi connectivity index (χ1v) is 7.48. The minimum atomic E-state index is -0.283. The van der Waals surface area contributed by atoms with Crippen LogP contribution in [-0.4, -0.2) is 17.5 Å². The molecule has 1 N–H and O–H groups in total. The maximum Gasteiger partial charge on any atom is 0.171 e. The molecule has 1 aliphatic heterocycles. The van der Waals surface area contributed by atoms with E-state index in [1.165, 1.54) is 0 Å². The van der Waals surface area contributed by atoms with Gasteiger partial charge in [-0.3, -0.25) is 4.79 Å². The van der Waals surface area contributed by atoms with Crippen LogP contribution >= 0.6 is 0 Å². The van der Waals surface area contributed by atoms with E-state index in [1.807, 2.05) is 42.5 Å². The second-order valence-electron chi connectivity index (χ2n) is 5.78. The number of hydrogen-bond donors (Lipinski definition) is 1. The van der Waals surface area contributed by atoms with E-state index in [2.05, 4.69) is 0 Å². The monoisotopic (exact) mass is 292 g/mol.